The first-order chi connectivity index (χ1) is 9.36. The number of Topliss-reactive ketones (excluding diaryl/α,β-unsaturated/α-hetero) is 1. The Hall–Kier alpha value is -1.28. The van der Waals surface area contributed by atoms with Crippen LogP contribution in [0.3, 0.4) is 0 Å². The van der Waals surface area contributed by atoms with E-state index in [9.17, 15) is 4.79 Å². The van der Waals surface area contributed by atoms with Crippen LogP contribution in [0.2, 0.25) is 5.02 Å². The zero-order valence-electron chi connectivity index (χ0n) is 12.2. The van der Waals surface area contributed by atoms with E-state index in [1.807, 2.05) is 30.5 Å². The molecule has 2 fully saturated rings. The standard InChI is InChI=1S/C17H20ClNO/c1-16(2)14-8-9-17(16,3)15(20)13(14)10-19-12-6-4-11(18)5-7-12/h4-7,10,14,19H,8-9H2,1-3H3/b13-10-/t14-,17-/m0/s1. The van der Waals surface area contributed by atoms with Gasteiger partial charge in [-0.3, -0.25) is 4.79 Å². The van der Waals surface area contributed by atoms with Gasteiger partial charge in [0.25, 0.3) is 0 Å². The fraction of sp³-hybridized carbons (Fsp3) is 0.471. The third-order valence-electron chi connectivity index (χ3n) is 5.60. The molecule has 0 saturated heterocycles. The Kier molecular flexibility index (Phi) is 2.98. The summed E-state index contributed by atoms with van der Waals surface area (Å²) in [4.78, 5) is 12.7. The van der Waals surface area contributed by atoms with Crippen molar-refractivity contribution in [2.45, 2.75) is 33.6 Å². The van der Waals surface area contributed by atoms with Crippen LogP contribution >= 0.6 is 11.6 Å². The van der Waals surface area contributed by atoms with E-state index in [1.165, 1.54) is 0 Å². The highest BCUT2D eigenvalue weighted by molar-refractivity contribution is 6.30. The largest absolute Gasteiger partial charge is 0.361 e. The van der Waals surface area contributed by atoms with E-state index in [0.29, 0.717) is 16.7 Å². The average Bonchev–Trinajstić information content (AvgIpc) is 2.71. The number of halogens is 1. The average molecular weight is 290 g/mol. The molecule has 0 unspecified atom stereocenters. The van der Waals surface area contributed by atoms with E-state index in [1.54, 1.807) is 0 Å². The highest BCUT2D eigenvalue weighted by Gasteiger charge is 2.63. The summed E-state index contributed by atoms with van der Waals surface area (Å²) in [6.07, 6.45) is 4.04. The summed E-state index contributed by atoms with van der Waals surface area (Å²) in [5.41, 5.74) is 1.79. The predicted octanol–water partition coefficient (Wildman–Crippen LogP) is 4.66. The van der Waals surface area contributed by atoms with E-state index < -0.39 is 0 Å². The first kappa shape index (κ1) is 13.7. The van der Waals surface area contributed by atoms with Gasteiger partial charge in [-0.15, -0.1) is 0 Å². The van der Waals surface area contributed by atoms with Crippen molar-refractivity contribution >= 4 is 23.1 Å². The lowest BCUT2D eigenvalue weighted by Gasteiger charge is -2.31. The van der Waals surface area contributed by atoms with Crippen LogP contribution in [-0.4, -0.2) is 5.78 Å². The van der Waals surface area contributed by atoms with E-state index in [-0.39, 0.29) is 10.8 Å². The van der Waals surface area contributed by atoms with Crippen LogP contribution in [0.4, 0.5) is 5.69 Å². The SMILES string of the molecule is CC1(C)[C@H]2CC[C@@]1(C)C(=O)/C2=C\Nc1ccc(Cl)cc1. The number of carbonyl (C=O) groups is 1. The minimum absolute atomic E-state index is 0.0671. The van der Waals surface area contributed by atoms with Gasteiger partial charge < -0.3 is 5.32 Å². The molecule has 3 rings (SSSR count). The lowest BCUT2D eigenvalue weighted by molar-refractivity contribution is -0.125. The molecule has 106 valence electrons. The van der Waals surface area contributed by atoms with Gasteiger partial charge in [0.1, 0.15) is 0 Å². The quantitative estimate of drug-likeness (QED) is 0.802. The highest BCUT2D eigenvalue weighted by Crippen LogP contribution is 2.65. The van der Waals surface area contributed by atoms with E-state index >= 15 is 0 Å². The van der Waals surface area contributed by atoms with E-state index in [2.05, 4.69) is 26.1 Å². The Morgan fingerprint density at radius 3 is 2.45 bits per heavy atom. The van der Waals surface area contributed by atoms with Crippen molar-refractivity contribution in [1.82, 2.24) is 0 Å². The topological polar surface area (TPSA) is 29.1 Å². The van der Waals surface area contributed by atoms with E-state index in [4.69, 9.17) is 11.6 Å². The molecule has 2 aliphatic carbocycles. The second-order valence-corrected chi connectivity index (χ2v) is 7.16. The molecule has 2 nitrogen and oxygen atoms in total. The molecule has 1 aromatic carbocycles. The van der Waals surface area contributed by atoms with Gasteiger partial charge in [-0.2, -0.15) is 0 Å². The van der Waals surface area contributed by atoms with Crippen molar-refractivity contribution in [1.29, 1.82) is 0 Å². The number of carbonyl (C=O) groups excluding carboxylic acids is 1. The zero-order valence-corrected chi connectivity index (χ0v) is 12.9. The number of hydrogen-bond acceptors (Lipinski definition) is 2. The maximum Gasteiger partial charge on any atom is 0.167 e. The van der Waals surface area contributed by atoms with Gasteiger partial charge in [-0.1, -0.05) is 32.4 Å². The highest BCUT2D eigenvalue weighted by atomic mass is 35.5. The lowest BCUT2D eigenvalue weighted by atomic mass is 9.70. The van der Waals surface area contributed by atoms with Crippen molar-refractivity contribution < 1.29 is 4.79 Å². The summed E-state index contributed by atoms with van der Waals surface area (Å²) in [5, 5.41) is 3.96. The minimum atomic E-state index is -0.189. The maximum atomic E-state index is 12.7. The number of fused-ring (bicyclic) bond motifs is 2. The summed E-state index contributed by atoms with van der Waals surface area (Å²) < 4.78 is 0. The van der Waals surface area contributed by atoms with Gasteiger partial charge in [0.05, 0.1) is 0 Å². The van der Waals surface area contributed by atoms with Crippen LogP contribution in [0.15, 0.2) is 36.0 Å². The molecule has 1 N–H and O–H groups in total. The first-order valence-corrected chi connectivity index (χ1v) is 7.51. The summed E-state index contributed by atoms with van der Waals surface area (Å²) >= 11 is 5.87. The number of hydrogen-bond donors (Lipinski definition) is 1. The normalized spacial score (nSPS) is 32.9. The van der Waals surface area contributed by atoms with Gasteiger partial charge in [0.15, 0.2) is 5.78 Å². The van der Waals surface area contributed by atoms with Crippen molar-refractivity contribution in [3.8, 4) is 0 Å². The number of allylic oxidation sites excluding steroid dienone is 1. The van der Waals surface area contributed by atoms with Gasteiger partial charge in [0.2, 0.25) is 0 Å². The number of anilines is 1. The Balaban J connectivity index is 1.87. The smallest absolute Gasteiger partial charge is 0.167 e. The second kappa shape index (κ2) is 4.36. The van der Waals surface area contributed by atoms with Crippen molar-refractivity contribution in [2.75, 3.05) is 5.32 Å². The Morgan fingerprint density at radius 2 is 1.90 bits per heavy atom. The third-order valence-corrected chi connectivity index (χ3v) is 5.86. The molecule has 0 spiro atoms. The molecule has 0 aromatic heterocycles. The molecule has 1 aromatic rings. The molecular weight excluding hydrogens is 270 g/mol. The van der Waals surface area contributed by atoms with E-state index in [0.717, 1.165) is 24.1 Å². The molecule has 0 aliphatic heterocycles. The molecule has 2 saturated carbocycles. The van der Waals surface area contributed by atoms with Crippen LogP contribution in [-0.2, 0) is 4.79 Å². The van der Waals surface area contributed by atoms with Gasteiger partial charge in [-0.25, -0.2) is 0 Å². The van der Waals surface area contributed by atoms with Crippen molar-refractivity contribution in [2.24, 2.45) is 16.7 Å². The monoisotopic (exact) mass is 289 g/mol. The van der Waals surface area contributed by atoms with Gasteiger partial charge in [-0.05, 0) is 48.4 Å². The molecule has 20 heavy (non-hydrogen) atoms. The molecule has 2 bridgehead atoms. The molecule has 2 aliphatic rings. The minimum Gasteiger partial charge on any atom is -0.361 e. The summed E-state index contributed by atoms with van der Waals surface area (Å²) in [7, 11) is 0. The zero-order chi connectivity index (χ0) is 14.5. The Bertz CT molecular complexity index is 588. The second-order valence-electron chi connectivity index (χ2n) is 6.73. The third kappa shape index (κ3) is 1.74. The van der Waals surface area contributed by atoms with Crippen molar-refractivity contribution in [3.63, 3.8) is 0 Å². The van der Waals surface area contributed by atoms with Crippen LogP contribution < -0.4 is 5.32 Å². The molecule has 2 atom stereocenters. The number of rotatable bonds is 2. The maximum absolute atomic E-state index is 12.7. The Labute approximate surface area is 125 Å². The number of nitrogens with one attached hydrogen (secondary N) is 1. The fourth-order valence-electron chi connectivity index (χ4n) is 3.80. The van der Waals surface area contributed by atoms with Crippen LogP contribution in [0.1, 0.15) is 33.6 Å². The van der Waals surface area contributed by atoms with Crippen LogP contribution in [0, 0.1) is 16.7 Å². The fourth-order valence-corrected chi connectivity index (χ4v) is 3.93. The van der Waals surface area contributed by atoms with Crippen LogP contribution in [0.25, 0.3) is 0 Å². The van der Waals surface area contributed by atoms with Gasteiger partial charge in [0, 0.05) is 27.9 Å². The molecule has 0 amide bonds. The number of benzene rings is 1. The molecular formula is C17H20ClNO. The summed E-state index contributed by atoms with van der Waals surface area (Å²) in [5.74, 6) is 0.694. The van der Waals surface area contributed by atoms with Crippen molar-refractivity contribution in [3.05, 3.63) is 41.1 Å². The lowest BCUT2D eigenvalue weighted by Crippen LogP contribution is -2.32. The van der Waals surface area contributed by atoms with Crippen LogP contribution in [0.5, 0.6) is 0 Å². The molecule has 0 heterocycles. The molecule has 3 heteroatoms. The number of ketones is 1. The summed E-state index contributed by atoms with van der Waals surface area (Å²) in [6, 6.07) is 7.53. The first-order valence-electron chi connectivity index (χ1n) is 7.13. The predicted molar refractivity (Wildman–Crippen MR) is 82.8 cm³/mol. The Morgan fingerprint density at radius 1 is 1.25 bits per heavy atom. The summed E-state index contributed by atoms with van der Waals surface area (Å²) in [6.45, 7) is 6.58. The molecule has 0 radical (unpaired) electrons. The van der Waals surface area contributed by atoms with Gasteiger partial charge >= 0.3 is 0 Å².